The summed E-state index contributed by atoms with van der Waals surface area (Å²) in [4.78, 5) is 0. The number of hydrogen-bond donors (Lipinski definition) is 1. The monoisotopic (exact) mass is 172 g/mol. The first-order valence-electron chi connectivity index (χ1n) is 5.12. The van der Waals surface area contributed by atoms with Gasteiger partial charge in [0.25, 0.3) is 0 Å². The van der Waals surface area contributed by atoms with Gasteiger partial charge in [-0.05, 0) is 12.3 Å². The van der Waals surface area contributed by atoms with Crippen LogP contribution in [0.15, 0.2) is 0 Å². The molecule has 0 bridgehead atoms. The molecule has 0 aromatic rings. The van der Waals surface area contributed by atoms with Gasteiger partial charge < -0.3 is 9.84 Å². The van der Waals surface area contributed by atoms with Gasteiger partial charge in [0.1, 0.15) is 0 Å². The Bertz CT molecular complexity index is 114. The van der Waals surface area contributed by atoms with E-state index in [0.29, 0.717) is 5.92 Å². The summed E-state index contributed by atoms with van der Waals surface area (Å²) < 4.78 is 5.08. The van der Waals surface area contributed by atoms with Gasteiger partial charge in [0.15, 0.2) is 6.29 Å². The highest BCUT2D eigenvalue weighted by Crippen LogP contribution is 2.23. The fourth-order valence-electron chi connectivity index (χ4n) is 1.73. The Morgan fingerprint density at radius 1 is 1.33 bits per heavy atom. The number of aliphatic hydroxyl groups is 1. The third-order valence-electron chi connectivity index (χ3n) is 2.53. The Labute approximate surface area is 74.9 Å². The van der Waals surface area contributed by atoms with E-state index in [0.717, 1.165) is 13.0 Å². The fourth-order valence-corrected chi connectivity index (χ4v) is 1.73. The Balaban J connectivity index is 1.93. The Morgan fingerprint density at radius 2 is 2.17 bits per heavy atom. The predicted molar refractivity (Wildman–Crippen MR) is 48.8 cm³/mol. The first-order valence-corrected chi connectivity index (χ1v) is 5.12. The van der Waals surface area contributed by atoms with Gasteiger partial charge in [0.2, 0.25) is 0 Å². The minimum Gasteiger partial charge on any atom is -0.368 e. The Kier molecular flexibility index (Phi) is 4.62. The van der Waals surface area contributed by atoms with E-state index in [4.69, 9.17) is 9.84 Å². The van der Waals surface area contributed by atoms with Gasteiger partial charge in [0, 0.05) is 6.42 Å². The number of unbranched alkanes of at least 4 members (excludes halogenated alkanes) is 3. The first kappa shape index (κ1) is 10.0. The van der Waals surface area contributed by atoms with Crippen molar-refractivity contribution in [3.63, 3.8) is 0 Å². The minimum absolute atomic E-state index is 0.471. The highest BCUT2D eigenvalue weighted by Gasteiger charge is 2.22. The van der Waals surface area contributed by atoms with Gasteiger partial charge in [0.05, 0.1) is 6.61 Å². The van der Waals surface area contributed by atoms with Crippen molar-refractivity contribution in [2.24, 2.45) is 5.92 Å². The molecule has 2 nitrogen and oxygen atoms in total. The largest absolute Gasteiger partial charge is 0.368 e. The molecule has 72 valence electrons. The number of aliphatic hydroxyl groups excluding tert-OH is 1. The molecular weight excluding hydrogens is 152 g/mol. The third kappa shape index (κ3) is 3.55. The molecule has 0 amide bonds. The first-order chi connectivity index (χ1) is 5.83. The van der Waals surface area contributed by atoms with Crippen LogP contribution in [0.4, 0.5) is 0 Å². The molecule has 1 heterocycles. The molecule has 0 aromatic carbocycles. The maximum absolute atomic E-state index is 9.08. The predicted octanol–water partition coefficient (Wildman–Crippen LogP) is 2.31. The van der Waals surface area contributed by atoms with Crippen LogP contribution in [0.2, 0.25) is 0 Å². The molecule has 2 atom stereocenters. The molecule has 0 aromatic heterocycles. The zero-order valence-electron chi connectivity index (χ0n) is 7.96. The SMILES string of the molecule is CCCCCCC1COC(O)C1. The molecule has 1 rings (SSSR count). The van der Waals surface area contributed by atoms with E-state index in [1.54, 1.807) is 0 Å². The van der Waals surface area contributed by atoms with E-state index in [-0.39, 0.29) is 0 Å². The van der Waals surface area contributed by atoms with Gasteiger partial charge in [-0.2, -0.15) is 0 Å². The zero-order chi connectivity index (χ0) is 8.81. The summed E-state index contributed by atoms with van der Waals surface area (Å²) in [5, 5.41) is 9.08. The Morgan fingerprint density at radius 3 is 2.75 bits per heavy atom. The maximum Gasteiger partial charge on any atom is 0.154 e. The average molecular weight is 172 g/mol. The molecular formula is C10H20O2. The number of ether oxygens (including phenoxy) is 1. The number of rotatable bonds is 5. The van der Waals surface area contributed by atoms with E-state index in [2.05, 4.69) is 6.92 Å². The standard InChI is InChI=1S/C10H20O2/c1-2-3-4-5-6-9-7-10(11)12-8-9/h9-11H,2-8H2,1H3. The summed E-state index contributed by atoms with van der Waals surface area (Å²) in [6.07, 6.45) is 6.89. The molecule has 1 aliphatic heterocycles. The molecule has 0 saturated carbocycles. The number of hydrogen-bond acceptors (Lipinski definition) is 2. The van der Waals surface area contributed by atoms with Crippen molar-refractivity contribution in [1.29, 1.82) is 0 Å². The summed E-state index contributed by atoms with van der Waals surface area (Å²) in [7, 11) is 0. The van der Waals surface area contributed by atoms with Crippen molar-refractivity contribution in [2.45, 2.75) is 51.7 Å². The van der Waals surface area contributed by atoms with Gasteiger partial charge in [-0.15, -0.1) is 0 Å². The van der Waals surface area contributed by atoms with E-state index in [1.165, 1.54) is 32.1 Å². The van der Waals surface area contributed by atoms with Crippen LogP contribution < -0.4 is 0 Å². The van der Waals surface area contributed by atoms with Crippen LogP contribution in [0, 0.1) is 5.92 Å². The second kappa shape index (κ2) is 5.55. The lowest BCUT2D eigenvalue weighted by Gasteiger charge is -2.05. The van der Waals surface area contributed by atoms with E-state index in [1.807, 2.05) is 0 Å². The molecule has 2 unspecified atom stereocenters. The van der Waals surface area contributed by atoms with Crippen molar-refractivity contribution in [3.8, 4) is 0 Å². The Hall–Kier alpha value is -0.0800. The second-order valence-electron chi connectivity index (χ2n) is 3.74. The van der Waals surface area contributed by atoms with E-state index >= 15 is 0 Å². The maximum atomic E-state index is 9.08. The van der Waals surface area contributed by atoms with Gasteiger partial charge >= 0.3 is 0 Å². The molecule has 0 aliphatic carbocycles. The second-order valence-corrected chi connectivity index (χ2v) is 3.74. The van der Waals surface area contributed by atoms with Crippen LogP contribution in [-0.2, 0) is 4.74 Å². The van der Waals surface area contributed by atoms with Crippen LogP contribution in [0.3, 0.4) is 0 Å². The molecule has 1 saturated heterocycles. The minimum atomic E-state index is -0.471. The lowest BCUT2D eigenvalue weighted by Crippen LogP contribution is -2.01. The third-order valence-corrected chi connectivity index (χ3v) is 2.53. The fraction of sp³-hybridized carbons (Fsp3) is 1.00. The lowest BCUT2D eigenvalue weighted by molar-refractivity contribution is -0.0591. The van der Waals surface area contributed by atoms with Gasteiger partial charge in [-0.3, -0.25) is 0 Å². The molecule has 0 spiro atoms. The van der Waals surface area contributed by atoms with Crippen LogP contribution in [-0.4, -0.2) is 18.0 Å². The van der Waals surface area contributed by atoms with Crippen LogP contribution in [0.5, 0.6) is 0 Å². The summed E-state index contributed by atoms with van der Waals surface area (Å²) in [6, 6.07) is 0. The van der Waals surface area contributed by atoms with Gasteiger partial charge in [-0.1, -0.05) is 32.6 Å². The molecule has 1 N–H and O–H groups in total. The summed E-state index contributed by atoms with van der Waals surface area (Å²) >= 11 is 0. The van der Waals surface area contributed by atoms with Crippen molar-refractivity contribution in [2.75, 3.05) is 6.61 Å². The summed E-state index contributed by atoms with van der Waals surface area (Å²) in [5.41, 5.74) is 0. The molecule has 0 radical (unpaired) electrons. The van der Waals surface area contributed by atoms with E-state index < -0.39 is 6.29 Å². The van der Waals surface area contributed by atoms with Crippen molar-refractivity contribution >= 4 is 0 Å². The quantitative estimate of drug-likeness (QED) is 0.645. The van der Waals surface area contributed by atoms with Crippen molar-refractivity contribution < 1.29 is 9.84 Å². The van der Waals surface area contributed by atoms with Crippen molar-refractivity contribution in [3.05, 3.63) is 0 Å². The molecule has 1 fully saturated rings. The zero-order valence-corrected chi connectivity index (χ0v) is 7.96. The van der Waals surface area contributed by atoms with Crippen molar-refractivity contribution in [1.82, 2.24) is 0 Å². The highest BCUT2D eigenvalue weighted by atomic mass is 16.6. The molecule has 2 heteroatoms. The smallest absolute Gasteiger partial charge is 0.154 e. The van der Waals surface area contributed by atoms with Gasteiger partial charge in [-0.25, -0.2) is 0 Å². The van der Waals surface area contributed by atoms with Crippen LogP contribution >= 0.6 is 0 Å². The normalized spacial score (nSPS) is 29.5. The lowest BCUT2D eigenvalue weighted by atomic mass is 10.00. The summed E-state index contributed by atoms with van der Waals surface area (Å²) in [6.45, 7) is 3.00. The van der Waals surface area contributed by atoms with Crippen LogP contribution in [0.1, 0.15) is 45.4 Å². The average Bonchev–Trinajstić information content (AvgIpc) is 2.45. The summed E-state index contributed by atoms with van der Waals surface area (Å²) in [5.74, 6) is 0.622. The topological polar surface area (TPSA) is 29.5 Å². The highest BCUT2D eigenvalue weighted by molar-refractivity contribution is 4.66. The van der Waals surface area contributed by atoms with E-state index in [9.17, 15) is 0 Å². The molecule has 12 heavy (non-hydrogen) atoms. The molecule has 1 aliphatic rings. The van der Waals surface area contributed by atoms with Crippen LogP contribution in [0.25, 0.3) is 0 Å².